The molecule has 2 atom stereocenters. The fourth-order valence-corrected chi connectivity index (χ4v) is 2.67. The molecule has 0 bridgehead atoms. The van der Waals surface area contributed by atoms with Crippen LogP contribution in [0.3, 0.4) is 0 Å². The zero-order valence-electron chi connectivity index (χ0n) is 7.10. The lowest BCUT2D eigenvalue weighted by Gasteiger charge is -2.23. The molecule has 1 rings (SSSR count). The number of hydrogen-bond acceptors (Lipinski definition) is 4. The fourth-order valence-electron chi connectivity index (χ4n) is 1.42. The van der Waals surface area contributed by atoms with Gasteiger partial charge in [0.2, 0.25) is 0 Å². The molecule has 70 valence electrons. The van der Waals surface area contributed by atoms with Crippen LogP contribution in [0.4, 0.5) is 0 Å². The zero-order chi connectivity index (χ0) is 9.19. The van der Waals surface area contributed by atoms with E-state index in [1.165, 1.54) is 12.5 Å². The third-order valence-electron chi connectivity index (χ3n) is 2.14. The largest absolute Gasteiger partial charge is 0.330 e. The molecule has 0 aromatic carbocycles. The lowest BCUT2D eigenvalue weighted by molar-refractivity contribution is 0.495. The molecular formula is C7H14N2O2S. The van der Waals surface area contributed by atoms with Crippen LogP contribution in [-0.4, -0.2) is 39.2 Å². The van der Waals surface area contributed by atoms with Gasteiger partial charge in [-0.05, 0) is 18.9 Å². The van der Waals surface area contributed by atoms with E-state index in [4.69, 9.17) is 5.73 Å². The van der Waals surface area contributed by atoms with Crippen molar-refractivity contribution >= 4 is 16.1 Å². The highest BCUT2D eigenvalue weighted by molar-refractivity contribution is 7.92. The Labute approximate surface area is 72.8 Å². The second kappa shape index (κ2) is 3.53. The van der Waals surface area contributed by atoms with Gasteiger partial charge in [-0.1, -0.05) is 0 Å². The van der Waals surface area contributed by atoms with Gasteiger partial charge >= 0.3 is 0 Å². The number of sulfone groups is 1. The van der Waals surface area contributed by atoms with E-state index in [1.807, 2.05) is 0 Å². The Hall–Kier alpha value is -0.420. The van der Waals surface area contributed by atoms with E-state index in [0.29, 0.717) is 13.1 Å². The third kappa shape index (κ3) is 2.04. The Morgan fingerprint density at radius 1 is 1.67 bits per heavy atom. The van der Waals surface area contributed by atoms with Gasteiger partial charge in [-0.2, -0.15) is 0 Å². The molecule has 2 N–H and O–H groups in total. The molecule has 0 saturated carbocycles. The first kappa shape index (κ1) is 9.67. The van der Waals surface area contributed by atoms with Crippen LogP contribution in [0, 0.1) is 5.92 Å². The maximum absolute atomic E-state index is 11.2. The summed E-state index contributed by atoms with van der Waals surface area (Å²) >= 11 is 0. The van der Waals surface area contributed by atoms with Crippen LogP contribution >= 0.6 is 0 Å². The smallest absolute Gasteiger partial charge is 0.155 e. The van der Waals surface area contributed by atoms with Gasteiger partial charge in [0.15, 0.2) is 9.84 Å². The Bertz CT molecular complexity index is 271. The average molecular weight is 190 g/mol. The third-order valence-corrected chi connectivity index (χ3v) is 3.64. The highest BCUT2D eigenvalue weighted by Crippen LogP contribution is 2.17. The Balaban J connectivity index is 2.86. The van der Waals surface area contributed by atoms with E-state index >= 15 is 0 Å². The van der Waals surface area contributed by atoms with Crippen LogP contribution in [0.1, 0.15) is 6.42 Å². The molecule has 5 heteroatoms. The van der Waals surface area contributed by atoms with Crippen molar-refractivity contribution in [3.63, 3.8) is 0 Å². The highest BCUT2D eigenvalue weighted by Gasteiger charge is 2.29. The average Bonchev–Trinajstić information content (AvgIpc) is 2.03. The van der Waals surface area contributed by atoms with Crippen LogP contribution in [0.5, 0.6) is 0 Å². The molecule has 0 amide bonds. The molecule has 0 radical (unpaired) electrons. The van der Waals surface area contributed by atoms with E-state index in [-0.39, 0.29) is 5.92 Å². The number of hydrogen-bond donors (Lipinski definition) is 1. The van der Waals surface area contributed by atoms with Gasteiger partial charge in [0.1, 0.15) is 0 Å². The molecular weight excluding hydrogens is 176 g/mol. The first-order valence-electron chi connectivity index (χ1n) is 3.94. The second-order valence-corrected chi connectivity index (χ2v) is 5.34. The summed E-state index contributed by atoms with van der Waals surface area (Å²) in [7, 11) is -3.02. The molecule has 0 aromatic rings. The molecule has 4 nitrogen and oxygen atoms in total. The normalized spacial score (nSPS) is 30.5. The second-order valence-electron chi connectivity index (χ2n) is 3.13. The molecule has 2 unspecified atom stereocenters. The number of aliphatic imine (C=N–C) groups is 1. The van der Waals surface area contributed by atoms with Crippen molar-refractivity contribution in [2.75, 3.05) is 19.3 Å². The molecule has 1 aliphatic heterocycles. The van der Waals surface area contributed by atoms with Crippen molar-refractivity contribution in [1.82, 2.24) is 0 Å². The zero-order valence-corrected chi connectivity index (χ0v) is 7.92. The summed E-state index contributed by atoms with van der Waals surface area (Å²) in [5.41, 5.74) is 5.46. The van der Waals surface area contributed by atoms with Crippen LogP contribution in [-0.2, 0) is 9.84 Å². The molecule has 0 saturated heterocycles. The summed E-state index contributed by atoms with van der Waals surface area (Å²) in [5.74, 6) is 0.0532. The van der Waals surface area contributed by atoms with E-state index < -0.39 is 15.1 Å². The topological polar surface area (TPSA) is 72.5 Å². The van der Waals surface area contributed by atoms with Gasteiger partial charge in [0, 0.05) is 19.0 Å². The predicted molar refractivity (Wildman–Crippen MR) is 49.2 cm³/mol. The van der Waals surface area contributed by atoms with Crippen LogP contribution < -0.4 is 5.73 Å². The Morgan fingerprint density at radius 2 is 2.33 bits per heavy atom. The van der Waals surface area contributed by atoms with Crippen LogP contribution in [0.15, 0.2) is 4.99 Å². The van der Waals surface area contributed by atoms with Gasteiger partial charge in [0.25, 0.3) is 0 Å². The van der Waals surface area contributed by atoms with Crippen LogP contribution in [0.25, 0.3) is 0 Å². The van der Waals surface area contributed by atoms with Gasteiger partial charge in [-0.3, -0.25) is 4.99 Å². The first-order valence-corrected chi connectivity index (χ1v) is 5.90. The van der Waals surface area contributed by atoms with Crippen molar-refractivity contribution in [3.05, 3.63) is 0 Å². The van der Waals surface area contributed by atoms with Gasteiger partial charge in [0.05, 0.1) is 5.25 Å². The van der Waals surface area contributed by atoms with E-state index in [1.54, 1.807) is 0 Å². The van der Waals surface area contributed by atoms with E-state index in [0.717, 1.165) is 6.42 Å². The summed E-state index contributed by atoms with van der Waals surface area (Å²) in [6.07, 6.45) is 3.54. The molecule has 0 aliphatic carbocycles. The minimum atomic E-state index is -3.02. The molecule has 1 aliphatic rings. The highest BCUT2D eigenvalue weighted by atomic mass is 32.2. The first-order chi connectivity index (χ1) is 5.55. The standard InChI is InChI=1S/C7H14N2O2S/c1-12(10,11)7-5-9-3-2-6(7)4-8/h5-7H,2-4,8H2,1H3. The lowest BCUT2D eigenvalue weighted by atomic mass is 10.00. The fraction of sp³-hybridized carbons (Fsp3) is 0.857. The molecule has 0 fully saturated rings. The minimum absolute atomic E-state index is 0.0532. The van der Waals surface area contributed by atoms with Gasteiger partial charge in [-0.25, -0.2) is 8.42 Å². The Kier molecular flexibility index (Phi) is 2.85. The summed E-state index contributed by atoms with van der Waals surface area (Å²) in [5, 5.41) is -0.462. The van der Waals surface area contributed by atoms with Crippen molar-refractivity contribution in [2.24, 2.45) is 16.6 Å². The minimum Gasteiger partial charge on any atom is -0.330 e. The quantitative estimate of drug-likeness (QED) is 0.635. The number of rotatable bonds is 2. The monoisotopic (exact) mass is 190 g/mol. The maximum Gasteiger partial charge on any atom is 0.155 e. The number of nitrogens with zero attached hydrogens (tertiary/aromatic N) is 1. The summed E-state index contributed by atoms with van der Waals surface area (Å²) in [4.78, 5) is 3.96. The maximum atomic E-state index is 11.2. The summed E-state index contributed by atoms with van der Waals surface area (Å²) in [6.45, 7) is 1.12. The SMILES string of the molecule is CS(=O)(=O)C1C=NCCC1CN. The molecule has 12 heavy (non-hydrogen) atoms. The van der Waals surface area contributed by atoms with Crippen molar-refractivity contribution in [1.29, 1.82) is 0 Å². The predicted octanol–water partition coefficient (Wildman–Crippen LogP) is -0.551. The van der Waals surface area contributed by atoms with Crippen molar-refractivity contribution in [2.45, 2.75) is 11.7 Å². The lowest BCUT2D eigenvalue weighted by Crippen LogP contribution is -2.38. The van der Waals surface area contributed by atoms with Crippen molar-refractivity contribution < 1.29 is 8.42 Å². The van der Waals surface area contributed by atoms with E-state index in [9.17, 15) is 8.42 Å². The van der Waals surface area contributed by atoms with E-state index in [2.05, 4.69) is 4.99 Å². The molecule has 1 heterocycles. The molecule has 0 aromatic heterocycles. The van der Waals surface area contributed by atoms with Gasteiger partial charge in [-0.15, -0.1) is 0 Å². The Morgan fingerprint density at radius 3 is 2.75 bits per heavy atom. The van der Waals surface area contributed by atoms with Crippen molar-refractivity contribution in [3.8, 4) is 0 Å². The van der Waals surface area contributed by atoms with Crippen LogP contribution in [0.2, 0.25) is 0 Å². The summed E-state index contributed by atoms with van der Waals surface area (Å²) in [6, 6.07) is 0. The number of nitrogens with two attached hydrogens (primary N) is 1. The molecule has 0 spiro atoms. The van der Waals surface area contributed by atoms with Gasteiger partial charge < -0.3 is 5.73 Å². The summed E-state index contributed by atoms with van der Waals surface area (Å²) < 4.78 is 22.4.